The largest absolute Gasteiger partial charge is 0.477 e. The smallest absolute Gasteiger partial charge is 0.226 e. The molecule has 0 aromatic carbocycles. The first kappa shape index (κ1) is 14.8. The Morgan fingerprint density at radius 1 is 1.45 bits per heavy atom. The predicted octanol–water partition coefficient (Wildman–Crippen LogP) is 3.38. The second kappa shape index (κ2) is 6.30. The van der Waals surface area contributed by atoms with Gasteiger partial charge < -0.3 is 9.72 Å². The lowest BCUT2D eigenvalue weighted by Gasteiger charge is -2.08. The van der Waals surface area contributed by atoms with Gasteiger partial charge >= 0.3 is 0 Å². The summed E-state index contributed by atoms with van der Waals surface area (Å²) in [5, 5.41) is 0.832. The van der Waals surface area contributed by atoms with E-state index in [4.69, 9.17) is 4.74 Å². The van der Waals surface area contributed by atoms with Gasteiger partial charge in [0.05, 0.1) is 12.0 Å². The van der Waals surface area contributed by atoms with E-state index in [1.165, 1.54) is 19.2 Å². The first-order chi connectivity index (χ1) is 10.6. The van der Waals surface area contributed by atoms with Gasteiger partial charge in [0.25, 0.3) is 0 Å². The van der Waals surface area contributed by atoms with Crippen molar-refractivity contribution >= 4 is 22.9 Å². The van der Waals surface area contributed by atoms with Crippen LogP contribution < -0.4 is 4.74 Å². The maximum atomic E-state index is 11.9. The van der Waals surface area contributed by atoms with E-state index >= 15 is 0 Å². The first-order valence-electron chi connectivity index (χ1n) is 7.79. The predicted molar refractivity (Wildman–Crippen MR) is 85.6 cm³/mol. The fraction of sp³-hybridized carbons (Fsp3) is 0.471. The van der Waals surface area contributed by atoms with E-state index in [2.05, 4.69) is 28.8 Å². The number of aromatic amines is 1. The number of H-pyrrole nitrogens is 1. The van der Waals surface area contributed by atoms with Crippen LogP contribution >= 0.6 is 0 Å². The van der Waals surface area contributed by atoms with Crippen LogP contribution in [0, 0.1) is 11.8 Å². The number of nitrogens with one attached hydrogen (secondary N) is 1. The minimum atomic E-state index is 0.179. The molecule has 2 aromatic heterocycles. The number of carbonyl (C=O) groups is 1. The number of carbonyl (C=O) groups excluding carboxylic acids is 1. The van der Waals surface area contributed by atoms with Crippen LogP contribution in [0.15, 0.2) is 18.6 Å². The molecule has 0 atom stereocenters. The summed E-state index contributed by atoms with van der Waals surface area (Å²) in [5.74, 6) is 1.77. The van der Waals surface area contributed by atoms with Crippen LogP contribution in [-0.4, -0.2) is 27.3 Å². The van der Waals surface area contributed by atoms with Gasteiger partial charge in [-0.05, 0) is 36.8 Å². The average molecular weight is 299 g/mol. The number of aromatic nitrogens is 3. The zero-order chi connectivity index (χ0) is 15.5. The molecule has 0 radical (unpaired) electrons. The van der Waals surface area contributed by atoms with E-state index in [0.717, 1.165) is 16.6 Å². The highest BCUT2D eigenvalue weighted by Crippen LogP contribution is 2.33. The van der Waals surface area contributed by atoms with Crippen molar-refractivity contribution in [3.8, 4) is 5.88 Å². The second-order valence-electron chi connectivity index (χ2n) is 6.30. The number of rotatable bonds is 7. The van der Waals surface area contributed by atoms with E-state index in [1.54, 1.807) is 6.08 Å². The van der Waals surface area contributed by atoms with Crippen molar-refractivity contribution in [1.82, 2.24) is 15.0 Å². The lowest BCUT2D eigenvalue weighted by Crippen LogP contribution is -2.06. The van der Waals surface area contributed by atoms with Gasteiger partial charge in [0, 0.05) is 18.2 Å². The van der Waals surface area contributed by atoms with E-state index in [0.29, 0.717) is 30.7 Å². The minimum Gasteiger partial charge on any atom is -0.477 e. The third-order valence-corrected chi connectivity index (χ3v) is 3.65. The molecular weight excluding hydrogens is 278 g/mol. The Morgan fingerprint density at radius 2 is 2.27 bits per heavy atom. The van der Waals surface area contributed by atoms with Crippen LogP contribution in [0.25, 0.3) is 17.1 Å². The van der Waals surface area contributed by atoms with Gasteiger partial charge in [0.1, 0.15) is 12.0 Å². The molecule has 2 heterocycles. The quantitative estimate of drug-likeness (QED) is 0.796. The summed E-state index contributed by atoms with van der Waals surface area (Å²) >= 11 is 0. The highest BCUT2D eigenvalue weighted by Gasteiger charge is 2.23. The van der Waals surface area contributed by atoms with Gasteiger partial charge in [-0.25, -0.2) is 9.97 Å². The van der Waals surface area contributed by atoms with Crippen molar-refractivity contribution in [3.63, 3.8) is 0 Å². The molecule has 0 unspecified atom stereocenters. The average Bonchev–Trinajstić information content (AvgIpc) is 3.20. The monoisotopic (exact) mass is 299 g/mol. The fourth-order valence-corrected chi connectivity index (χ4v) is 2.30. The topological polar surface area (TPSA) is 67.9 Å². The van der Waals surface area contributed by atoms with E-state index in [9.17, 15) is 4.79 Å². The highest BCUT2D eigenvalue weighted by molar-refractivity contribution is 5.98. The fourth-order valence-electron chi connectivity index (χ4n) is 2.30. The van der Waals surface area contributed by atoms with Crippen molar-refractivity contribution in [2.75, 3.05) is 6.61 Å². The van der Waals surface area contributed by atoms with E-state index in [-0.39, 0.29) is 5.78 Å². The number of nitrogens with zero attached hydrogens (tertiary/aromatic N) is 2. The minimum absolute atomic E-state index is 0.179. The van der Waals surface area contributed by atoms with Crippen LogP contribution in [0.1, 0.15) is 38.7 Å². The molecule has 0 spiro atoms. The molecule has 5 nitrogen and oxygen atoms in total. The van der Waals surface area contributed by atoms with Crippen molar-refractivity contribution < 1.29 is 9.53 Å². The summed E-state index contributed by atoms with van der Waals surface area (Å²) in [6, 6.07) is 0. The summed E-state index contributed by atoms with van der Waals surface area (Å²) < 4.78 is 5.77. The van der Waals surface area contributed by atoms with Gasteiger partial charge in [-0.2, -0.15) is 0 Å². The molecule has 0 aliphatic heterocycles. The molecule has 2 aromatic rings. The Kier molecular flexibility index (Phi) is 4.22. The molecule has 0 bridgehead atoms. The Morgan fingerprint density at radius 3 is 3.00 bits per heavy atom. The van der Waals surface area contributed by atoms with Crippen molar-refractivity contribution in [2.24, 2.45) is 11.8 Å². The maximum absolute atomic E-state index is 11.9. The number of hydrogen-bond donors (Lipinski definition) is 1. The molecule has 22 heavy (non-hydrogen) atoms. The summed E-state index contributed by atoms with van der Waals surface area (Å²) in [7, 11) is 0. The molecule has 1 N–H and O–H groups in total. The van der Waals surface area contributed by atoms with Gasteiger partial charge in [0.2, 0.25) is 5.88 Å². The third kappa shape index (κ3) is 3.53. The van der Waals surface area contributed by atoms with Crippen LogP contribution in [-0.2, 0) is 4.79 Å². The standard InChI is InChI=1S/C17H21N3O2/c1-11(2)9-22-17-15-13(8-18-16(15)19-10-20-17)5-6-14(21)7-12-3-4-12/h5-6,8,10-12H,3-4,7,9H2,1-2H3,(H,18,19,20)/b6-5+. The number of allylic oxidation sites excluding steroid dienone is 1. The van der Waals surface area contributed by atoms with Crippen LogP contribution in [0.5, 0.6) is 5.88 Å². The molecular formula is C17H21N3O2. The van der Waals surface area contributed by atoms with Crippen molar-refractivity contribution in [2.45, 2.75) is 33.1 Å². The Hall–Kier alpha value is -2.17. The molecule has 3 rings (SSSR count). The lowest BCUT2D eigenvalue weighted by molar-refractivity contribution is -0.114. The van der Waals surface area contributed by atoms with Gasteiger partial charge in [-0.3, -0.25) is 4.79 Å². The first-order valence-corrected chi connectivity index (χ1v) is 7.79. The number of hydrogen-bond acceptors (Lipinski definition) is 4. The second-order valence-corrected chi connectivity index (χ2v) is 6.30. The molecule has 1 aliphatic rings. The normalized spacial score (nSPS) is 15.0. The zero-order valence-corrected chi connectivity index (χ0v) is 13.0. The van der Waals surface area contributed by atoms with Crippen molar-refractivity contribution in [1.29, 1.82) is 0 Å². The molecule has 1 aliphatic carbocycles. The molecule has 0 amide bonds. The zero-order valence-electron chi connectivity index (χ0n) is 13.0. The van der Waals surface area contributed by atoms with Gasteiger partial charge in [0.15, 0.2) is 5.78 Å². The SMILES string of the molecule is CC(C)COc1ncnc2[nH]cc(/C=C/C(=O)CC3CC3)c12. The molecule has 1 saturated carbocycles. The summed E-state index contributed by atoms with van der Waals surface area (Å²) in [4.78, 5) is 23.4. The molecule has 0 saturated heterocycles. The lowest BCUT2D eigenvalue weighted by atomic mass is 10.1. The highest BCUT2D eigenvalue weighted by atomic mass is 16.5. The third-order valence-electron chi connectivity index (χ3n) is 3.65. The van der Waals surface area contributed by atoms with Gasteiger partial charge in [-0.15, -0.1) is 0 Å². The summed E-state index contributed by atoms with van der Waals surface area (Å²) in [6.07, 6.45) is 9.84. The molecule has 116 valence electrons. The Bertz CT molecular complexity index is 699. The van der Waals surface area contributed by atoms with E-state index < -0.39 is 0 Å². The summed E-state index contributed by atoms with van der Waals surface area (Å²) in [5.41, 5.74) is 1.61. The number of ether oxygens (including phenoxy) is 1. The molecule has 5 heteroatoms. The van der Waals surface area contributed by atoms with Crippen molar-refractivity contribution in [3.05, 3.63) is 24.2 Å². The van der Waals surface area contributed by atoms with Crippen LogP contribution in [0.3, 0.4) is 0 Å². The van der Waals surface area contributed by atoms with Gasteiger partial charge in [-0.1, -0.05) is 13.8 Å². The Balaban J connectivity index is 1.82. The summed E-state index contributed by atoms with van der Waals surface area (Å²) in [6.45, 7) is 4.78. The Labute approximate surface area is 129 Å². The van der Waals surface area contributed by atoms with Crippen LogP contribution in [0.2, 0.25) is 0 Å². The molecule has 1 fully saturated rings. The number of fused-ring (bicyclic) bond motifs is 1. The van der Waals surface area contributed by atoms with Crippen LogP contribution in [0.4, 0.5) is 0 Å². The maximum Gasteiger partial charge on any atom is 0.226 e. The van der Waals surface area contributed by atoms with E-state index in [1.807, 2.05) is 12.3 Å². The number of ketones is 1.